The van der Waals surface area contributed by atoms with E-state index >= 15 is 0 Å². The fourth-order valence-electron chi connectivity index (χ4n) is 2.74. The molecule has 1 N–H and O–H groups in total. The zero-order chi connectivity index (χ0) is 22.1. The van der Waals surface area contributed by atoms with Gasteiger partial charge in [0, 0.05) is 6.54 Å². The van der Waals surface area contributed by atoms with Gasteiger partial charge >= 0.3 is 11.9 Å². The molecule has 1 unspecified atom stereocenters. The molecular formula is C23H29NO6. The lowest BCUT2D eigenvalue weighted by Gasteiger charge is -2.23. The van der Waals surface area contributed by atoms with Crippen molar-refractivity contribution in [3.63, 3.8) is 0 Å². The largest absolute Gasteiger partial charge is 0.493 e. The van der Waals surface area contributed by atoms with Crippen LogP contribution in [0.5, 0.6) is 11.5 Å². The lowest BCUT2D eigenvalue weighted by atomic mass is 10.1. The first-order valence-corrected chi connectivity index (χ1v) is 9.64. The maximum atomic E-state index is 12.0. The number of methoxy groups -OCH3 is 2. The molecule has 162 valence electrons. The van der Waals surface area contributed by atoms with Gasteiger partial charge < -0.3 is 24.3 Å². The van der Waals surface area contributed by atoms with Gasteiger partial charge in [-0.25, -0.2) is 4.79 Å². The third-order valence-electron chi connectivity index (χ3n) is 4.04. The minimum Gasteiger partial charge on any atom is -0.493 e. The highest BCUT2D eigenvalue weighted by atomic mass is 16.6. The molecule has 0 bridgehead atoms. The Morgan fingerprint density at radius 3 is 2.30 bits per heavy atom. The van der Waals surface area contributed by atoms with Crippen LogP contribution in [0.4, 0.5) is 0 Å². The quantitative estimate of drug-likeness (QED) is 0.627. The standard InChI is InChI=1S/C23H29NO6/c1-23(2,3)30-21(25)15-24-14-20(16-9-7-6-8-10-16)29-18-12-11-17(22(26)28-5)13-19(18)27-4/h6-13,20,24H,14-15H2,1-5H3. The lowest BCUT2D eigenvalue weighted by Crippen LogP contribution is -2.34. The van der Waals surface area contributed by atoms with Crippen LogP contribution in [0, 0.1) is 0 Å². The van der Waals surface area contributed by atoms with Gasteiger partial charge in [0.2, 0.25) is 0 Å². The maximum Gasteiger partial charge on any atom is 0.337 e. The Balaban J connectivity index is 2.15. The Kier molecular flexibility index (Phi) is 8.24. The van der Waals surface area contributed by atoms with Gasteiger partial charge in [-0.05, 0) is 44.5 Å². The van der Waals surface area contributed by atoms with Crippen molar-refractivity contribution < 1.29 is 28.5 Å². The predicted molar refractivity (Wildman–Crippen MR) is 113 cm³/mol. The van der Waals surface area contributed by atoms with Crippen LogP contribution in [-0.2, 0) is 14.3 Å². The molecule has 0 aliphatic rings. The van der Waals surface area contributed by atoms with E-state index in [1.165, 1.54) is 14.2 Å². The van der Waals surface area contributed by atoms with E-state index in [0.29, 0.717) is 23.6 Å². The molecule has 0 aliphatic heterocycles. The monoisotopic (exact) mass is 415 g/mol. The molecule has 1 atom stereocenters. The van der Waals surface area contributed by atoms with Crippen LogP contribution in [0.15, 0.2) is 48.5 Å². The van der Waals surface area contributed by atoms with Crippen molar-refractivity contribution in [2.24, 2.45) is 0 Å². The van der Waals surface area contributed by atoms with E-state index in [9.17, 15) is 9.59 Å². The summed E-state index contributed by atoms with van der Waals surface area (Å²) >= 11 is 0. The van der Waals surface area contributed by atoms with Crippen molar-refractivity contribution in [1.29, 1.82) is 0 Å². The number of nitrogens with one attached hydrogen (secondary N) is 1. The zero-order valence-electron chi connectivity index (χ0n) is 18.1. The second-order valence-electron chi connectivity index (χ2n) is 7.59. The van der Waals surface area contributed by atoms with Crippen molar-refractivity contribution in [2.45, 2.75) is 32.5 Å². The van der Waals surface area contributed by atoms with Crippen LogP contribution in [0.3, 0.4) is 0 Å². The first-order chi connectivity index (χ1) is 14.2. The maximum absolute atomic E-state index is 12.0. The van der Waals surface area contributed by atoms with Gasteiger partial charge in [0.05, 0.1) is 26.3 Å². The molecule has 2 rings (SSSR count). The van der Waals surface area contributed by atoms with Gasteiger partial charge in [-0.1, -0.05) is 30.3 Å². The number of hydrogen-bond acceptors (Lipinski definition) is 7. The van der Waals surface area contributed by atoms with E-state index < -0.39 is 17.7 Å². The van der Waals surface area contributed by atoms with Crippen LogP contribution >= 0.6 is 0 Å². The molecule has 2 aromatic carbocycles. The van der Waals surface area contributed by atoms with E-state index in [2.05, 4.69) is 5.32 Å². The summed E-state index contributed by atoms with van der Waals surface area (Å²) in [5.74, 6) is 0.0804. The van der Waals surface area contributed by atoms with Crippen molar-refractivity contribution in [1.82, 2.24) is 5.32 Å². The average Bonchev–Trinajstić information content (AvgIpc) is 2.71. The summed E-state index contributed by atoms with van der Waals surface area (Å²) in [6.07, 6.45) is -0.397. The van der Waals surface area contributed by atoms with Crippen LogP contribution in [0.25, 0.3) is 0 Å². The van der Waals surface area contributed by atoms with Crippen molar-refractivity contribution >= 4 is 11.9 Å². The molecule has 0 spiro atoms. The summed E-state index contributed by atoms with van der Waals surface area (Å²) in [4.78, 5) is 23.7. The van der Waals surface area contributed by atoms with E-state index in [1.54, 1.807) is 18.2 Å². The summed E-state index contributed by atoms with van der Waals surface area (Å²) in [6.45, 7) is 5.90. The molecule has 0 aromatic heterocycles. The highest BCUT2D eigenvalue weighted by Gasteiger charge is 2.20. The molecule has 0 radical (unpaired) electrons. The normalized spacial score (nSPS) is 12.0. The number of rotatable bonds is 9. The highest BCUT2D eigenvalue weighted by Crippen LogP contribution is 2.32. The van der Waals surface area contributed by atoms with Gasteiger partial charge in [-0.2, -0.15) is 0 Å². The van der Waals surface area contributed by atoms with Crippen molar-refractivity contribution in [2.75, 3.05) is 27.3 Å². The summed E-state index contributed by atoms with van der Waals surface area (Å²) in [5.41, 5.74) is 0.748. The zero-order valence-corrected chi connectivity index (χ0v) is 18.1. The van der Waals surface area contributed by atoms with E-state index in [0.717, 1.165) is 5.56 Å². The molecule has 0 aliphatic carbocycles. The van der Waals surface area contributed by atoms with E-state index in [-0.39, 0.29) is 12.5 Å². The molecule has 0 fully saturated rings. The Morgan fingerprint density at radius 1 is 1.00 bits per heavy atom. The van der Waals surface area contributed by atoms with E-state index in [1.807, 2.05) is 51.1 Å². The molecule has 7 heteroatoms. The van der Waals surface area contributed by atoms with Crippen LogP contribution < -0.4 is 14.8 Å². The minimum atomic E-state index is -0.539. The van der Waals surface area contributed by atoms with Crippen molar-refractivity contribution in [3.8, 4) is 11.5 Å². The third kappa shape index (κ3) is 7.08. The fraction of sp³-hybridized carbons (Fsp3) is 0.391. The Morgan fingerprint density at radius 2 is 1.70 bits per heavy atom. The molecule has 0 saturated carbocycles. The van der Waals surface area contributed by atoms with Crippen LogP contribution in [-0.4, -0.2) is 44.8 Å². The second-order valence-corrected chi connectivity index (χ2v) is 7.59. The number of esters is 2. The molecule has 7 nitrogen and oxygen atoms in total. The molecular weight excluding hydrogens is 386 g/mol. The lowest BCUT2D eigenvalue weighted by molar-refractivity contribution is -0.153. The number of carbonyl (C=O) groups is 2. The number of benzene rings is 2. The summed E-state index contributed by atoms with van der Waals surface area (Å²) < 4.78 is 21.6. The Labute approximate surface area is 177 Å². The first-order valence-electron chi connectivity index (χ1n) is 9.64. The second kappa shape index (κ2) is 10.6. The minimum absolute atomic E-state index is 0.0579. The Bertz CT molecular complexity index is 845. The summed E-state index contributed by atoms with van der Waals surface area (Å²) in [5, 5.41) is 3.09. The third-order valence-corrected chi connectivity index (χ3v) is 4.04. The van der Waals surface area contributed by atoms with Crippen LogP contribution in [0.2, 0.25) is 0 Å². The van der Waals surface area contributed by atoms with Gasteiger partial charge in [-0.15, -0.1) is 0 Å². The number of ether oxygens (including phenoxy) is 4. The number of hydrogen-bond donors (Lipinski definition) is 1. The summed E-state index contributed by atoms with van der Waals surface area (Å²) in [6, 6.07) is 14.5. The Hall–Kier alpha value is -3.06. The molecule has 0 saturated heterocycles. The van der Waals surface area contributed by atoms with E-state index in [4.69, 9.17) is 18.9 Å². The molecule has 0 heterocycles. The topological polar surface area (TPSA) is 83.1 Å². The van der Waals surface area contributed by atoms with Crippen molar-refractivity contribution in [3.05, 3.63) is 59.7 Å². The molecule has 2 aromatic rings. The highest BCUT2D eigenvalue weighted by molar-refractivity contribution is 5.90. The van der Waals surface area contributed by atoms with Gasteiger partial charge in [-0.3, -0.25) is 4.79 Å². The first kappa shape index (κ1) is 23.2. The van der Waals surface area contributed by atoms with Gasteiger partial charge in [0.15, 0.2) is 11.5 Å². The SMILES string of the molecule is COC(=O)c1ccc(OC(CNCC(=O)OC(C)(C)C)c2ccccc2)c(OC)c1. The average molecular weight is 415 g/mol. The number of carbonyl (C=O) groups excluding carboxylic acids is 2. The summed E-state index contributed by atoms with van der Waals surface area (Å²) in [7, 11) is 2.82. The van der Waals surface area contributed by atoms with Crippen LogP contribution in [0.1, 0.15) is 42.8 Å². The predicted octanol–water partition coefficient (Wildman–Crippen LogP) is 3.53. The fourth-order valence-corrected chi connectivity index (χ4v) is 2.74. The molecule has 0 amide bonds. The van der Waals surface area contributed by atoms with Gasteiger partial charge in [0.1, 0.15) is 11.7 Å². The van der Waals surface area contributed by atoms with Gasteiger partial charge in [0.25, 0.3) is 0 Å². The smallest absolute Gasteiger partial charge is 0.337 e. The molecule has 30 heavy (non-hydrogen) atoms.